The first-order chi connectivity index (χ1) is 14.5. The van der Waals surface area contributed by atoms with Gasteiger partial charge in [0.1, 0.15) is 5.02 Å². The molecule has 2 aromatic heterocycles. The third-order valence-corrected chi connectivity index (χ3v) is 6.32. The van der Waals surface area contributed by atoms with Gasteiger partial charge in [-0.25, -0.2) is 4.98 Å². The molecule has 4 rings (SSSR count). The van der Waals surface area contributed by atoms with Crippen LogP contribution in [0.3, 0.4) is 0 Å². The number of fused-ring (bicyclic) bond motifs is 1. The number of anilines is 1. The molecule has 0 unspecified atom stereocenters. The summed E-state index contributed by atoms with van der Waals surface area (Å²) in [6, 6.07) is 9.77. The zero-order valence-electron chi connectivity index (χ0n) is 17.5. The quantitative estimate of drug-likeness (QED) is 0.553. The number of rotatable bonds is 4. The van der Waals surface area contributed by atoms with Crippen LogP contribution in [0.1, 0.15) is 49.4 Å². The molecule has 1 aromatic carbocycles. The number of alkyl halides is 3. The van der Waals surface area contributed by atoms with E-state index in [2.05, 4.69) is 16.0 Å². The van der Waals surface area contributed by atoms with Gasteiger partial charge in [0.2, 0.25) is 0 Å². The van der Waals surface area contributed by atoms with E-state index in [0.29, 0.717) is 16.6 Å². The molecule has 0 amide bonds. The summed E-state index contributed by atoms with van der Waals surface area (Å²) in [6.07, 6.45) is -0.721. The lowest BCUT2D eigenvalue weighted by Crippen LogP contribution is -2.34. The minimum absolute atomic E-state index is 0.0675. The molecule has 0 spiro atoms. The molecule has 3 heterocycles. The number of hydrogen-bond donors (Lipinski definition) is 1. The van der Waals surface area contributed by atoms with Crippen LogP contribution in [-0.2, 0) is 12.0 Å². The number of hydrogen-bond acceptors (Lipinski definition) is 3. The lowest BCUT2D eigenvalue weighted by Gasteiger charge is -2.36. The summed E-state index contributed by atoms with van der Waals surface area (Å²) in [7, 11) is 0. The Morgan fingerprint density at radius 1 is 1.13 bits per heavy atom. The summed E-state index contributed by atoms with van der Waals surface area (Å²) >= 11 is 6.56. The number of pyridine rings is 1. The Morgan fingerprint density at radius 2 is 1.81 bits per heavy atom. The molecule has 1 aliphatic heterocycles. The monoisotopic (exact) mass is 451 g/mol. The van der Waals surface area contributed by atoms with Crippen LogP contribution in [0.4, 0.5) is 18.9 Å². The van der Waals surface area contributed by atoms with E-state index in [0.717, 1.165) is 37.2 Å². The topological polar surface area (TPSA) is 40.8 Å². The van der Waals surface area contributed by atoms with Gasteiger partial charge in [0, 0.05) is 25.5 Å². The SMILES string of the molecule is CC(C)(O)c1ccccc1C1CCN(c2ccn3c(CC(F)(F)F)cnc3c2Cl)CC1. The van der Waals surface area contributed by atoms with Crippen LogP contribution in [0, 0.1) is 0 Å². The molecule has 1 aliphatic rings. The van der Waals surface area contributed by atoms with Gasteiger partial charge in [0.05, 0.1) is 23.4 Å². The Bertz CT molecular complexity index is 1080. The van der Waals surface area contributed by atoms with Crippen molar-refractivity contribution in [3.05, 3.63) is 64.6 Å². The Morgan fingerprint density at radius 3 is 2.45 bits per heavy atom. The molecule has 4 nitrogen and oxygen atoms in total. The van der Waals surface area contributed by atoms with Gasteiger partial charge in [-0.15, -0.1) is 0 Å². The Hall–Kier alpha value is -2.25. The molecule has 3 aromatic rings. The van der Waals surface area contributed by atoms with Gasteiger partial charge in [0.25, 0.3) is 0 Å². The van der Waals surface area contributed by atoms with Gasteiger partial charge in [0.15, 0.2) is 5.65 Å². The van der Waals surface area contributed by atoms with Crippen LogP contribution in [0.2, 0.25) is 5.02 Å². The minimum Gasteiger partial charge on any atom is -0.386 e. The van der Waals surface area contributed by atoms with E-state index in [-0.39, 0.29) is 5.69 Å². The minimum atomic E-state index is -4.30. The number of halogens is 4. The first-order valence-electron chi connectivity index (χ1n) is 10.3. The van der Waals surface area contributed by atoms with Crippen LogP contribution >= 0.6 is 11.6 Å². The zero-order valence-corrected chi connectivity index (χ0v) is 18.2. The molecule has 1 N–H and O–H groups in total. The molecule has 0 bridgehead atoms. The van der Waals surface area contributed by atoms with Crippen LogP contribution < -0.4 is 4.90 Å². The van der Waals surface area contributed by atoms with Gasteiger partial charge in [-0.2, -0.15) is 13.2 Å². The highest BCUT2D eigenvalue weighted by Gasteiger charge is 2.31. The van der Waals surface area contributed by atoms with Crippen molar-refractivity contribution >= 4 is 22.9 Å². The highest BCUT2D eigenvalue weighted by Crippen LogP contribution is 2.38. The van der Waals surface area contributed by atoms with Gasteiger partial charge < -0.3 is 14.4 Å². The van der Waals surface area contributed by atoms with Crippen molar-refractivity contribution in [2.45, 2.75) is 50.8 Å². The lowest BCUT2D eigenvalue weighted by molar-refractivity contribution is -0.127. The maximum Gasteiger partial charge on any atom is 0.394 e. The van der Waals surface area contributed by atoms with Gasteiger partial charge >= 0.3 is 6.18 Å². The van der Waals surface area contributed by atoms with Crippen molar-refractivity contribution in [2.75, 3.05) is 18.0 Å². The number of aromatic nitrogens is 2. The Balaban J connectivity index is 1.54. The number of piperidine rings is 1. The van der Waals surface area contributed by atoms with Crippen molar-refractivity contribution in [3.8, 4) is 0 Å². The molecule has 1 saturated heterocycles. The summed E-state index contributed by atoms with van der Waals surface area (Å²) in [4.78, 5) is 6.29. The van der Waals surface area contributed by atoms with Crippen LogP contribution in [0.5, 0.6) is 0 Å². The van der Waals surface area contributed by atoms with E-state index in [1.165, 1.54) is 16.2 Å². The number of imidazole rings is 1. The second kappa shape index (κ2) is 8.02. The maximum atomic E-state index is 12.8. The average Bonchev–Trinajstić information content (AvgIpc) is 3.10. The molecule has 0 radical (unpaired) electrons. The van der Waals surface area contributed by atoms with Crippen LogP contribution in [-0.4, -0.2) is 33.8 Å². The van der Waals surface area contributed by atoms with Crippen LogP contribution in [0.15, 0.2) is 42.7 Å². The first-order valence-corrected chi connectivity index (χ1v) is 10.7. The third kappa shape index (κ3) is 4.53. The largest absolute Gasteiger partial charge is 0.394 e. The Kier molecular flexibility index (Phi) is 5.68. The maximum absolute atomic E-state index is 12.8. The predicted octanol–water partition coefficient (Wildman–Crippen LogP) is 5.70. The van der Waals surface area contributed by atoms with E-state index in [9.17, 15) is 18.3 Å². The standard InChI is InChI=1S/C23H25ClF3N3O/c1-22(2,31)18-6-4-3-5-17(18)15-7-10-29(11-8-15)19-9-12-30-16(13-23(25,26)27)14-28-21(30)20(19)24/h3-6,9,12,14-15,31H,7-8,10-11,13H2,1-2H3. The first kappa shape index (κ1) is 22.0. The molecule has 0 aliphatic carbocycles. The highest BCUT2D eigenvalue weighted by molar-refractivity contribution is 6.36. The summed E-state index contributed by atoms with van der Waals surface area (Å²) in [5.74, 6) is 0.325. The van der Waals surface area contributed by atoms with E-state index < -0.39 is 18.2 Å². The van der Waals surface area contributed by atoms with Crippen LogP contribution in [0.25, 0.3) is 5.65 Å². The van der Waals surface area contributed by atoms with E-state index >= 15 is 0 Å². The molecule has 0 atom stereocenters. The van der Waals surface area contributed by atoms with Crippen molar-refractivity contribution in [1.29, 1.82) is 0 Å². The number of aliphatic hydroxyl groups is 1. The average molecular weight is 452 g/mol. The highest BCUT2D eigenvalue weighted by atomic mass is 35.5. The normalized spacial score (nSPS) is 16.3. The summed E-state index contributed by atoms with van der Waals surface area (Å²) < 4.78 is 39.8. The number of nitrogens with zero attached hydrogens (tertiary/aromatic N) is 3. The number of benzene rings is 1. The van der Waals surface area contributed by atoms with E-state index in [4.69, 9.17) is 11.6 Å². The van der Waals surface area contributed by atoms with Gasteiger partial charge in [-0.05, 0) is 49.8 Å². The zero-order chi connectivity index (χ0) is 22.4. The van der Waals surface area contributed by atoms with Gasteiger partial charge in [-0.1, -0.05) is 35.9 Å². The molecule has 31 heavy (non-hydrogen) atoms. The van der Waals surface area contributed by atoms with Crippen molar-refractivity contribution < 1.29 is 18.3 Å². The molecular weight excluding hydrogens is 427 g/mol. The predicted molar refractivity (Wildman–Crippen MR) is 116 cm³/mol. The van der Waals surface area contributed by atoms with E-state index in [1.54, 1.807) is 26.1 Å². The molecule has 0 saturated carbocycles. The van der Waals surface area contributed by atoms with Gasteiger partial charge in [-0.3, -0.25) is 0 Å². The molecular formula is C23H25ClF3N3O. The van der Waals surface area contributed by atoms with Crippen molar-refractivity contribution in [2.24, 2.45) is 0 Å². The summed E-state index contributed by atoms with van der Waals surface area (Å²) in [5, 5.41) is 10.9. The van der Waals surface area contributed by atoms with E-state index in [1.807, 2.05) is 18.2 Å². The van der Waals surface area contributed by atoms with Crippen molar-refractivity contribution in [3.63, 3.8) is 0 Å². The second-order valence-corrected chi connectivity index (χ2v) is 9.04. The molecule has 1 fully saturated rings. The summed E-state index contributed by atoms with van der Waals surface area (Å²) in [6.45, 7) is 5.12. The fraction of sp³-hybridized carbons (Fsp3) is 0.435. The molecule has 8 heteroatoms. The fourth-order valence-corrected chi connectivity index (χ4v) is 4.80. The third-order valence-electron chi connectivity index (χ3n) is 5.95. The summed E-state index contributed by atoms with van der Waals surface area (Å²) in [5.41, 5.74) is 2.40. The fourth-order valence-electron chi connectivity index (χ4n) is 4.48. The second-order valence-electron chi connectivity index (χ2n) is 8.66. The lowest BCUT2D eigenvalue weighted by atomic mass is 9.82. The molecule has 166 valence electrons. The Labute approximate surface area is 184 Å². The van der Waals surface area contributed by atoms with Crippen molar-refractivity contribution in [1.82, 2.24) is 9.38 Å². The smallest absolute Gasteiger partial charge is 0.386 e.